The molecule has 0 radical (unpaired) electrons. The molecule has 134 valence electrons. The number of aliphatic imine (C=N–C) groups is 1. The highest BCUT2D eigenvalue weighted by Crippen LogP contribution is 2.34. The van der Waals surface area contributed by atoms with Crippen LogP contribution >= 0.6 is 11.6 Å². The summed E-state index contributed by atoms with van der Waals surface area (Å²) in [4.78, 5) is 18.8. The number of rotatable bonds is 2. The second-order valence-electron chi connectivity index (χ2n) is 6.75. The molecule has 2 aromatic carbocycles. The molecule has 0 aromatic heterocycles. The van der Waals surface area contributed by atoms with Gasteiger partial charge in [-0.25, -0.2) is 0 Å². The molecule has 4 nitrogen and oxygen atoms in total. The van der Waals surface area contributed by atoms with Gasteiger partial charge < -0.3 is 9.64 Å². The fraction of sp³-hybridized carbons (Fsp3) is 0.333. The average Bonchev–Trinajstić information content (AvgIpc) is 2.79. The first-order valence-corrected chi connectivity index (χ1v) is 9.31. The molecule has 2 heterocycles. The molecule has 2 aliphatic rings. The Morgan fingerprint density at radius 2 is 1.88 bits per heavy atom. The van der Waals surface area contributed by atoms with Crippen LogP contribution in [0.15, 0.2) is 47.5 Å². The lowest BCUT2D eigenvalue weighted by Gasteiger charge is -2.25. The maximum absolute atomic E-state index is 12.4. The summed E-state index contributed by atoms with van der Waals surface area (Å²) in [6, 6.07) is 14.0. The van der Waals surface area contributed by atoms with Gasteiger partial charge in [0.05, 0.1) is 11.4 Å². The third-order valence-electron chi connectivity index (χ3n) is 5.20. The Morgan fingerprint density at radius 3 is 2.69 bits per heavy atom. The van der Waals surface area contributed by atoms with Gasteiger partial charge in [0.2, 0.25) is 5.91 Å². The molecule has 0 atom stereocenters. The highest BCUT2D eigenvalue weighted by atomic mass is 35.5. The number of amides is 1. The molecule has 26 heavy (non-hydrogen) atoms. The van der Waals surface area contributed by atoms with Crippen LogP contribution in [0.3, 0.4) is 0 Å². The molecule has 0 aliphatic carbocycles. The topological polar surface area (TPSA) is 41.9 Å². The van der Waals surface area contributed by atoms with Crippen LogP contribution in [-0.2, 0) is 9.53 Å². The van der Waals surface area contributed by atoms with Gasteiger partial charge in [0.1, 0.15) is 6.54 Å². The largest absolute Gasteiger partial charge is 0.381 e. The molecule has 0 unspecified atom stereocenters. The molecule has 1 saturated heterocycles. The minimum Gasteiger partial charge on any atom is -0.381 e. The molecular weight excluding hydrogens is 348 g/mol. The molecule has 0 bridgehead atoms. The van der Waals surface area contributed by atoms with Crippen molar-refractivity contribution in [2.45, 2.75) is 18.8 Å². The van der Waals surface area contributed by atoms with E-state index < -0.39 is 0 Å². The molecule has 0 N–H and O–H groups in total. The summed E-state index contributed by atoms with van der Waals surface area (Å²) in [6.07, 6.45) is 2.01. The fourth-order valence-electron chi connectivity index (χ4n) is 3.77. The van der Waals surface area contributed by atoms with Crippen molar-refractivity contribution in [1.82, 2.24) is 0 Å². The first kappa shape index (κ1) is 17.3. The molecule has 2 aromatic rings. The van der Waals surface area contributed by atoms with Crippen molar-refractivity contribution in [3.8, 4) is 0 Å². The first-order chi connectivity index (χ1) is 12.6. The van der Waals surface area contributed by atoms with Gasteiger partial charge in [0.15, 0.2) is 0 Å². The van der Waals surface area contributed by atoms with Gasteiger partial charge in [0.25, 0.3) is 0 Å². The molecule has 1 fully saturated rings. The number of carbonyl (C=O) groups excluding carboxylic acids is 1. The lowest BCUT2D eigenvalue weighted by Crippen LogP contribution is -2.27. The summed E-state index contributed by atoms with van der Waals surface area (Å²) < 4.78 is 5.53. The number of benzodiazepines with no additional fused rings is 1. The lowest BCUT2D eigenvalue weighted by atomic mass is 9.85. The molecule has 1 amide bonds. The van der Waals surface area contributed by atoms with E-state index in [4.69, 9.17) is 21.3 Å². The van der Waals surface area contributed by atoms with Crippen molar-refractivity contribution in [2.75, 3.05) is 31.7 Å². The van der Waals surface area contributed by atoms with Gasteiger partial charge in [-0.15, -0.1) is 0 Å². The van der Waals surface area contributed by atoms with Crippen LogP contribution in [0, 0.1) is 0 Å². The van der Waals surface area contributed by atoms with Crippen LogP contribution in [0.5, 0.6) is 0 Å². The summed E-state index contributed by atoms with van der Waals surface area (Å²) in [5.74, 6) is 0.425. The van der Waals surface area contributed by atoms with E-state index in [-0.39, 0.29) is 12.5 Å². The van der Waals surface area contributed by atoms with E-state index in [0.29, 0.717) is 10.9 Å². The van der Waals surface area contributed by atoms with Crippen LogP contribution in [0.1, 0.15) is 35.4 Å². The molecular formula is C21H21ClN2O2. The predicted octanol–water partition coefficient (Wildman–Crippen LogP) is 4.05. The number of hydrogen-bond donors (Lipinski definition) is 0. The molecule has 2 aliphatic heterocycles. The van der Waals surface area contributed by atoms with E-state index in [1.54, 1.807) is 11.9 Å². The zero-order valence-corrected chi connectivity index (χ0v) is 15.5. The number of hydrogen-bond acceptors (Lipinski definition) is 3. The SMILES string of the molecule is CN1C(=O)CN=C(c2ccccc2C2CCOCC2)c2cc(Cl)ccc21. The number of likely N-dealkylation sites (N-methyl/N-ethyl adjacent to an activating group) is 1. The Balaban J connectivity index is 1.87. The molecule has 4 rings (SSSR count). The average molecular weight is 369 g/mol. The monoisotopic (exact) mass is 368 g/mol. The minimum absolute atomic E-state index is 0.0212. The maximum atomic E-state index is 12.4. The Morgan fingerprint density at radius 1 is 1.12 bits per heavy atom. The van der Waals surface area contributed by atoms with Gasteiger partial charge in [-0.1, -0.05) is 35.9 Å². The first-order valence-electron chi connectivity index (χ1n) is 8.93. The minimum atomic E-state index is -0.0212. The third-order valence-corrected chi connectivity index (χ3v) is 5.43. The summed E-state index contributed by atoms with van der Waals surface area (Å²) >= 11 is 6.28. The van der Waals surface area contributed by atoms with Gasteiger partial charge in [0, 0.05) is 36.4 Å². The van der Waals surface area contributed by atoms with Gasteiger partial charge >= 0.3 is 0 Å². The van der Waals surface area contributed by atoms with Crippen molar-refractivity contribution in [2.24, 2.45) is 4.99 Å². The van der Waals surface area contributed by atoms with Crippen LogP contribution in [0.25, 0.3) is 0 Å². The van der Waals surface area contributed by atoms with Gasteiger partial charge in [-0.2, -0.15) is 0 Å². The highest BCUT2D eigenvalue weighted by molar-refractivity contribution is 6.32. The number of halogens is 1. The van der Waals surface area contributed by atoms with Crippen LogP contribution < -0.4 is 4.90 Å². The fourth-order valence-corrected chi connectivity index (χ4v) is 3.94. The van der Waals surface area contributed by atoms with Crippen molar-refractivity contribution >= 4 is 28.9 Å². The van der Waals surface area contributed by atoms with Crippen LogP contribution in [0.4, 0.5) is 5.69 Å². The van der Waals surface area contributed by atoms with E-state index in [9.17, 15) is 4.79 Å². The van der Waals surface area contributed by atoms with Gasteiger partial charge in [-0.05, 0) is 42.5 Å². The van der Waals surface area contributed by atoms with Gasteiger partial charge in [-0.3, -0.25) is 9.79 Å². The Hall–Kier alpha value is -2.17. The second kappa shape index (κ2) is 7.22. The van der Waals surface area contributed by atoms with E-state index in [0.717, 1.165) is 48.6 Å². The summed E-state index contributed by atoms with van der Waals surface area (Å²) in [7, 11) is 1.79. The number of benzene rings is 2. The van der Waals surface area contributed by atoms with Crippen LogP contribution in [-0.4, -0.2) is 38.4 Å². The normalized spacial score (nSPS) is 18.3. The number of nitrogens with zero attached hydrogens (tertiary/aromatic N) is 2. The smallest absolute Gasteiger partial charge is 0.248 e. The number of ether oxygens (including phenoxy) is 1. The molecule has 5 heteroatoms. The zero-order valence-electron chi connectivity index (χ0n) is 14.7. The number of fused-ring (bicyclic) bond motifs is 1. The summed E-state index contributed by atoms with van der Waals surface area (Å²) in [5, 5.41) is 0.641. The maximum Gasteiger partial charge on any atom is 0.248 e. The van der Waals surface area contributed by atoms with E-state index in [1.165, 1.54) is 5.56 Å². The number of anilines is 1. The van der Waals surface area contributed by atoms with E-state index >= 15 is 0 Å². The zero-order chi connectivity index (χ0) is 18.1. The Bertz CT molecular complexity index is 872. The van der Waals surface area contributed by atoms with Crippen molar-refractivity contribution in [3.63, 3.8) is 0 Å². The lowest BCUT2D eigenvalue weighted by molar-refractivity contribution is -0.116. The quantitative estimate of drug-likeness (QED) is 0.802. The highest BCUT2D eigenvalue weighted by Gasteiger charge is 2.26. The second-order valence-corrected chi connectivity index (χ2v) is 7.19. The Labute approximate surface area is 158 Å². The third kappa shape index (κ3) is 3.15. The number of carbonyl (C=O) groups is 1. The van der Waals surface area contributed by atoms with Crippen molar-refractivity contribution < 1.29 is 9.53 Å². The Kier molecular flexibility index (Phi) is 4.79. The summed E-state index contributed by atoms with van der Waals surface area (Å²) in [6.45, 7) is 1.71. The molecule has 0 spiro atoms. The standard InChI is InChI=1S/C21H21ClN2O2/c1-24-19-7-6-15(22)12-18(19)21(23-13-20(24)25)17-5-3-2-4-16(17)14-8-10-26-11-9-14/h2-7,12,14H,8-11,13H2,1H3. The summed E-state index contributed by atoms with van der Waals surface area (Å²) in [5.41, 5.74) is 4.97. The van der Waals surface area contributed by atoms with E-state index in [2.05, 4.69) is 18.2 Å². The van der Waals surface area contributed by atoms with Crippen molar-refractivity contribution in [1.29, 1.82) is 0 Å². The molecule has 0 saturated carbocycles. The van der Waals surface area contributed by atoms with E-state index in [1.807, 2.05) is 24.3 Å². The van der Waals surface area contributed by atoms with Crippen LogP contribution in [0.2, 0.25) is 5.02 Å². The predicted molar refractivity (Wildman–Crippen MR) is 105 cm³/mol. The van der Waals surface area contributed by atoms with Crippen molar-refractivity contribution in [3.05, 3.63) is 64.2 Å².